The van der Waals surface area contributed by atoms with Gasteiger partial charge in [-0.2, -0.15) is 0 Å². The van der Waals surface area contributed by atoms with Crippen LogP contribution in [0.4, 0.5) is 3.47 Å². The Morgan fingerprint density at radius 1 is 1.38 bits per heavy atom. The third kappa shape index (κ3) is 5.43. The van der Waals surface area contributed by atoms with Crippen LogP contribution in [0.25, 0.3) is 12.7 Å². The quantitative estimate of drug-likeness (QED) is 0.692. The van der Waals surface area contributed by atoms with Gasteiger partial charge in [0.15, 0.2) is 0 Å². The van der Waals surface area contributed by atoms with Crippen LogP contribution >= 0.6 is 0 Å². The molecule has 1 N–H and O–H groups in total. The van der Waals surface area contributed by atoms with Crippen LogP contribution in [0, 0.1) is 0 Å². The first-order valence-electron chi connectivity index (χ1n) is 8.69. The summed E-state index contributed by atoms with van der Waals surface area (Å²) in [4.78, 5) is 4.59. The summed E-state index contributed by atoms with van der Waals surface area (Å²) in [5.74, 6) is 0. The maximum absolute atomic E-state index is 13.2. The predicted octanol–water partition coefficient (Wildman–Crippen LogP) is 3.03. The van der Waals surface area contributed by atoms with Gasteiger partial charge in [-0.1, -0.05) is 0 Å². The molecule has 0 aromatic carbocycles. The molecule has 1 aliphatic carbocycles. The van der Waals surface area contributed by atoms with Gasteiger partial charge in [0, 0.05) is 12.7 Å². The minimum atomic E-state index is -2.32. The van der Waals surface area contributed by atoms with E-state index in [1.165, 1.54) is 11.3 Å². The zero-order valence-corrected chi connectivity index (χ0v) is 18.0. The molecule has 0 fully saturated rings. The Morgan fingerprint density at radius 2 is 2.12 bits per heavy atom. The van der Waals surface area contributed by atoms with Crippen molar-refractivity contribution >= 4 is 27.8 Å². The van der Waals surface area contributed by atoms with Crippen molar-refractivity contribution in [1.29, 1.82) is 0 Å². The number of hydrogen-bond acceptors (Lipinski definition) is 3. The summed E-state index contributed by atoms with van der Waals surface area (Å²) >= 11 is -2.32. The van der Waals surface area contributed by atoms with E-state index < -0.39 is 20.7 Å². The van der Waals surface area contributed by atoms with Crippen molar-refractivity contribution < 1.29 is 8.20 Å². The second-order valence-corrected chi connectivity index (χ2v) is 10.0. The summed E-state index contributed by atoms with van der Waals surface area (Å²) in [6, 6.07) is 3.91. The van der Waals surface area contributed by atoms with Gasteiger partial charge < -0.3 is 5.32 Å². The van der Waals surface area contributed by atoms with E-state index >= 15 is 0 Å². The number of halogens is 1. The molecule has 1 atom stereocenters. The molecule has 0 aliphatic heterocycles. The number of aromatic nitrogens is 1. The van der Waals surface area contributed by atoms with Crippen LogP contribution in [0.5, 0.6) is 0 Å². The standard InChI is InChI=1S/C21H28AsFN2O/c1-15(17-7-10-19(24-6)11-8-17)13-18-9-12-20(25-16(18)2)21(3,4)26-14-22(5)23/h7,9-10,12-13,24H,1-2,8,11,14H2,3-6H3/b18-13-. The molecular formula is C21H28AsFN2O. The van der Waals surface area contributed by atoms with Crippen molar-refractivity contribution in [3.8, 4) is 0 Å². The Bertz CT molecular complexity index is 840. The van der Waals surface area contributed by atoms with Crippen LogP contribution in [0.1, 0.15) is 32.4 Å². The van der Waals surface area contributed by atoms with E-state index in [2.05, 4.69) is 35.6 Å². The number of hydrogen-bond donors (Lipinski definition) is 1. The van der Waals surface area contributed by atoms with E-state index in [9.17, 15) is 3.47 Å². The average Bonchev–Trinajstić information content (AvgIpc) is 2.61. The van der Waals surface area contributed by atoms with E-state index in [4.69, 9.17) is 4.74 Å². The molecule has 1 heterocycles. The van der Waals surface area contributed by atoms with Gasteiger partial charge in [-0.3, -0.25) is 0 Å². The molecular weight excluding hydrogens is 390 g/mol. The average molecular weight is 418 g/mol. The van der Waals surface area contributed by atoms with Crippen molar-refractivity contribution in [2.45, 2.75) is 38.0 Å². The third-order valence-corrected chi connectivity index (χ3v) is 5.46. The van der Waals surface area contributed by atoms with Crippen LogP contribution in [-0.2, 0) is 10.3 Å². The van der Waals surface area contributed by atoms with Crippen LogP contribution in [0.15, 0.2) is 47.7 Å². The van der Waals surface area contributed by atoms with Crippen molar-refractivity contribution in [3.05, 3.63) is 64.0 Å². The number of pyridine rings is 1. The Labute approximate surface area is 160 Å². The Kier molecular flexibility index (Phi) is 7.02. The van der Waals surface area contributed by atoms with Gasteiger partial charge in [0.25, 0.3) is 0 Å². The van der Waals surface area contributed by atoms with Gasteiger partial charge in [0.05, 0.1) is 0 Å². The molecule has 2 rings (SSSR count). The number of ether oxygens (including phenoxy) is 1. The number of nitrogens with zero attached hydrogens (tertiary/aromatic N) is 1. The van der Waals surface area contributed by atoms with Gasteiger partial charge in [-0.05, 0) is 0 Å². The van der Waals surface area contributed by atoms with Crippen molar-refractivity contribution in [2.24, 2.45) is 0 Å². The molecule has 0 spiro atoms. The van der Waals surface area contributed by atoms with Crippen molar-refractivity contribution in [2.75, 3.05) is 12.4 Å². The normalized spacial score (nSPS) is 16.7. The molecule has 5 heteroatoms. The Morgan fingerprint density at radius 3 is 2.65 bits per heavy atom. The summed E-state index contributed by atoms with van der Waals surface area (Å²) in [5, 5.41) is 4.99. The fourth-order valence-corrected chi connectivity index (χ4v) is 3.75. The molecule has 26 heavy (non-hydrogen) atoms. The van der Waals surface area contributed by atoms with Gasteiger partial charge in [0.1, 0.15) is 0 Å². The maximum atomic E-state index is 13.2. The summed E-state index contributed by atoms with van der Waals surface area (Å²) in [6.45, 7) is 12.1. The molecule has 1 aliphatic rings. The van der Waals surface area contributed by atoms with Crippen molar-refractivity contribution in [3.63, 3.8) is 0 Å². The summed E-state index contributed by atoms with van der Waals surface area (Å²) in [6.07, 6.45) is 8.18. The van der Waals surface area contributed by atoms with Gasteiger partial charge in [-0.15, -0.1) is 0 Å². The minimum absolute atomic E-state index is 0.190. The molecule has 0 amide bonds. The van der Waals surface area contributed by atoms with Crippen LogP contribution in [-0.4, -0.2) is 32.5 Å². The number of rotatable bonds is 7. The fourth-order valence-electron chi connectivity index (χ4n) is 2.70. The summed E-state index contributed by atoms with van der Waals surface area (Å²) in [5.41, 5.74) is 5.19. The molecule has 0 saturated carbocycles. The molecule has 3 nitrogen and oxygen atoms in total. The molecule has 1 aromatic heterocycles. The predicted molar refractivity (Wildman–Crippen MR) is 109 cm³/mol. The fraction of sp³-hybridized carbons (Fsp3) is 0.381. The number of nitrogens with one attached hydrogen (secondary N) is 1. The van der Waals surface area contributed by atoms with Crippen molar-refractivity contribution in [1.82, 2.24) is 10.3 Å². The van der Waals surface area contributed by atoms with E-state index in [0.717, 1.165) is 29.3 Å². The first-order chi connectivity index (χ1) is 12.2. The summed E-state index contributed by atoms with van der Waals surface area (Å²) < 4.78 is 18.9. The first kappa shape index (κ1) is 20.7. The SMILES string of the molecule is C=C(/C=c1/ccc(C(C)(C)OC[As](C)F)nc1=C)C1=CC=C(NC)CC1. The summed E-state index contributed by atoms with van der Waals surface area (Å²) in [7, 11) is 1.94. The third-order valence-electron chi connectivity index (χ3n) is 4.44. The Balaban J connectivity index is 2.23. The second kappa shape index (κ2) is 8.83. The monoisotopic (exact) mass is 418 g/mol. The second-order valence-electron chi connectivity index (χ2n) is 6.92. The topological polar surface area (TPSA) is 34.1 Å². The molecule has 1 unspecified atom stereocenters. The van der Waals surface area contributed by atoms with Gasteiger partial charge in [0.2, 0.25) is 0 Å². The van der Waals surface area contributed by atoms with Gasteiger partial charge >= 0.3 is 143 Å². The number of allylic oxidation sites excluding steroid dienone is 5. The molecule has 140 valence electrons. The Hall–Kier alpha value is -1.64. The molecule has 0 saturated heterocycles. The first-order valence-corrected chi connectivity index (χ1v) is 12.6. The van der Waals surface area contributed by atoms with E-state index in [0.29, 0.717) is 5.35 Å². The van der Waals surface area contributed by atoms with E-state index in [1.54, 1.807) is 5.71 Å². The van der Waals surface area contributed by atoms with Crippen LogP contribution < -0.4 is 15.9 Å². The van der Waals surface area contributed by atoms with Gasteiger partial charge in [-0.25, -0.2) is 0 Å². The van der Waals surface area contributed by atoms with E-state index in [1.807, 2.05) is 39.1 Å². The van der Waals surface area contributed by atoms with E-state index in [-0.39, 0.29) is 5.39 Å². The molecule has 1 aromatic rings. The van der Waals surface area contributed by atoms with Crippen LogP contribution in [0.2, 0.25) is 5.71 Å². The zero-order valence-electron chi connectivity index (χ0n) is 16.1. The molecule has 0 radical (unpaired) electrons. The zero-order chi connectivity index (χ0) is 19.3. The molecule has 0 bridgehead atoms. The van der Waals surface area contributed by atoms with Crippen LogP contribution in [0.3, 0.4) is 0 Å².